The maximum Gasteiger partial charge on any atom is 0.265 e. The van der Waals surface area contributed by atoms with Crippen molar-refractivity contribution in [3.63, 3.8) is 0 Å². The van der Waals surface area contributed by atoms with E-state index in [0.717, 1.165) is 5.82 Å². The van der Waals surface area contributed by atoms with Crippen LogP contribution >= 0.6 is 12.2 Å². The summed E-state index contributed by atoms with van der Waals surface area (Å²) in [5.41, 5.74) is 0.722. The van der Waals surface area contributed by atoms with Crippen LogP contribution in [0.2, 0.25) is 0 Å². The highest BCUT2D eigenvalue weighted by Crippen LogP contribution is 2.17. The second-order valence-corrected chi connectivity index (χ2v) is 5.88. The molecule has 1 saturated heterocycles. The minimum Gasteiger partial charge on any atom is -0.361 e. The molecule has 2 rings (SSSR count). The molecule has 1 aromatic rings. The van der Waals surface area contributed by atoms with Crippen LogP contribution < -0.4 is 4.90 Å². The van der Waals surface area contributed by atoms with E-state index in [2.05, 4.69) is 9.97 Å². The lowest BCUT2D eigenvalue weighted by Gasteiger charge is -2.35. The molecule has 7 nitrogen and oxygen atoms in total. The average molecular weight is 359 g/mol. The number of anilines is 1. The lowest BCUT2D eigenvalue weighted by atomic mass is 10.1. The van der Waals surface area contributed by atoms with Crippen molar-refractivity contribution in [2.24, 2.45) is 0 Å². The van der Waals surface area contributed by atoms with Crippen LogP contribution in [0.3, 0.4) is 0 Å². The molecule has 1 aliphatic rings. The number of thiocarbonyl (C=S) groups is 1. The predicted octanol–water partition coefficient (Wildman–Crippen LogP) is 1.48. The number of nitrogens with zero attached hydrogens (tertiary/aromatic N) is 5. The van der Waals surface area contributed by atoms with Crippen LogP contribution in [0.4, 0.5) is 5.82 Å². The Morgan fingerprint density at radius 3 is 2.12 bits per heavy atom. The highest BCUT2D eigenvalue weighted by atomic mass is 32.1. The van der Waals surface area contributed by atoms with Crippen molar-refractivity contribution in [3.05, 3.63) is 35.8 Å². The van der Waals surface area contributed by atoms with Crippen molar-refractivity contribution < 1.29 is 9.59 Å². The molecule has 2 amide bonds. The number of likely N-dealkylation sites (N-methyl/N-ethyl adjacent to an activating group) is 2. The van der Waals surface area contributed by atoms with Gasteiger partial charge in [0, 0.05) is 27.2 Å². The Morgan fingerprint density at radius 1 is 1.08 bits per heavy atom. The maximum atomic E-state index is 12.5. The van der Waals surface area contributed by atoms with E-state index in [-0.39, 0.29) is 22.5 Å². The summed E-state index contributed by atoms with van der Waals surface area (Å²) in [5.74, 6) is 0.000563. The zero-order chi connectivity index (χ0) is 18.6. The molecular formula is C17H21N5O2S. The molecule has 0 saturated carbocycles. The summed E-state index contributed by atoms with van der Waals surface area (Å²) >= 11 is 5.22. The van der Waals surface area contributed by atoms with Crippen LogP contribution in [0, 0.1) is 0 Å². The van der Waals surface area contributed by atoms with Gasteiger partial charge in [0.25, 0.3) is 11.8 Å². The average Bonchev–Trinajstić information content (AvgIpc) is 2.59. The molecular weight excluding hydrogens is 338 g/mol. The van der Waals surface area contributed by atoms with Gasteiger partial charge in [-0.2, -0.15) is 0 Å². The third-order valence-corrected chi connectivity index (χ3v) is 4.13. The highest BCUT2D eigenvalue weighted by molar-refractivity contribution is 7.80. The molecule has 2 heterocycles. The van der Waals surface area contributed by atoms with E-state index in [1.54, 1.807) is 24.5 Å². The van der Waals surface area contributed by atoms with Crippen LogP contribution in [-0.4, -0.2) is 63.9 Å². The topological polar surface area (TPSA) is 69.6 Å². The minimum atomic E-state index is -0.374. The van der Waals surface area contributed by atoms with Crippen molar-refractivity contribution in [2.45, 2.75) is 13.8 Å². The number of allylic oxidation sites excluding steroid dienone is 2. The molecule has 0 spiro atoms. The van der Waals surface area contributed by atoms with Gasteiger partial charge < -0.3 is 4.90 Å². The molecule has 8 heteroatoms. The Morgan fingerprint density at radius 2 is 1.68 bits per heavy atom. The fraction of sp³-hybridized carbons (Fsp3) is 0.353. The summed E-state index contributed by atoms with van der Waals surface area (Å²) < 4.78 is 0. The Kier molecular flexibility index (Phi) is 5.97. The second-order valence-electron chi connectivity index (χ2n) is 5.51. The summed E-state index contributed by atoms with van der Waals surface area (Å²) in [5, 5.41) is 0.256. The zero-order valence-electron chi connectivity index (χ0n) is 14.8. The third-order valence-electron chi connectivity index (χ3n) is 3.69. The SMILES string of the molecule is CCN1C(=O)C(=C/C=C/c2cnc(N(C)C)cn2)C(=O)N(CC)C1=S. The summed E-state index contributed by atoms with van der Waals surface area (Å²) in [6, 6.07) is 0. The van der Waals surface area contributed by atoms with E-state index in [1.165, 1.54) is 15.9 Å². The van der Waals surface area contributed by atoms with Crippen LogP contribution in [0.25, 0.3) is 6.08 Å². The van der Waals surface area contributed by atoms with Gasteiger partial charge in [-0.25, -0.2) is 4.98 Å². The number of rotatable bonds is 5. The molecule has 132 valence electrons. The Balaban J connectivity index is 2.24. The molecule has 0 aliphatic carbocycles. The van der Waals surface area contributed by atoms with Gasteiger partial charge in [-0.15, -0.1) is 0 Å². The standard InChI is InChI=1S/C17H21N5O2S/c1-5-21-15(23)13(16(24)22(6-2)17(21)25)9-7-8-12-10-19-14(11-18-12)20(3)4/h7-11H,5-6H2,1-4H3/b8-7+. The molecule has 0 N–H and O–H groups in total. The smallest absolute Gasteiger partial charge is 0.265 e. The predicted molar refractivity (Wildman–Crippen MR) is 101 cm³/mol. The number of carbonyl (C=O) groups is 2. The number of amides is 2. The summed E-state index contributed by atoms with van der Waals surface area (Å²) in [6.07, 6.45) is 8.10. The van der Waals surface area contributed by atoms with Crippen molar-refractivity contribution in [3.8, 4) is 0 Å². The van der Waals surface area contributed by atoms with Gasteiger partial charge in [-0.1, -0.05) is 6.08 Å². The first-order valence-corrected chi connectivity index (χ1v) is 8.36. The van der Waals surface area contributed by atoms with E-state index in [0.29, 0.717) is 18.8 Å². The summed E-state index contributed by atoms with van der Waals surface area (Å²) in [4.78, 5) is 38.1. The second kappa shape index (κ2) is 7.98. The Hall–Kier alpha value is -2.61. The van der Waals surface area contributed by atoms with Gasteiger partial charge in [0.2, 0.25) is 0 Å². The molecule has 0 aromatic carbocycles. The molecule has 25 heavy (non-hydrogen) atoms. The maximum absolute atomic E-state index is 12.5. The van der Waals surface area contributed by atoms with E-state index in [9.17, 15) is 9.59 Å². The van der Waals surface area contributed by atoms with Gasteiger partial charge in [0.05, 0.1) is 18.1 Å². The van der Waals surface area contributed by atoms with Crippen LogP contribution in [0.1, 0.15) is 19.5 Å². The summed E-state index contributed by atoms with van der Waals surface area (Å²) in [7, 11) is 3.77. The fourth-order valence-electron chi connectivity index (χ4n) is 2.29. The van der Waals surface area contributed by atoms with Gasteiger partial charge >= 0.3 is 0 Å². The lowest BCUT2D eigenvalue weighted by molar-refractivity contribution is -0.133. The molecule has 1 aromatic heterocycles. The van der Waals surface area contributed by atoms with Gasteiger partial charge in [0.15, 0.2) is 5.11 Å². The summed E-state index contributed by atoms with van der Waals surface area (Å²) in [6.45, 7) is 4.48. The Bertz CT molecular complexity index is 712. The zero-order valence-corrected chi connectivity index (χ0v) is 15.6. The molecule has 0 unspecified atom stereocenters. The number of carbonyl (C=O) groups excluding carboxylic acids is 2. The van der Waals surface area contributed by atoms with Crippen molar-refractivity contribution >= 4 is 41.0 Å². The number of hydrogen-bond acceptors (Lipinski definition) is 6. The molecule has 0 atom stereocenters. The van der Waals surface area contributed by atoms with Crippen molar-refractivity contribution in [2.75, 3.05) is 32.1 Å². The fourth-order valence-corrected chi connectivity index (χ4v) is 2.72. The molecule has 0 bridgehead atoms. The quantitative estimate of drug-likeness (QED) is 0.451. The third kappa shape index (κ3) is 3.90. The molecule has 1 fully saturated rings. The van der Waals surface area contributed by atoms with E-state index in [4.69, 9.17) is 12.2 Å². The molecule has 1 aliphatic heterocycles. The van der Waals surface area contributed by atoms with Gasteiger partial charge in [0.1, 0.15) is 11.4 Å². The Labute approximate surface area is 152 Å². The first kappa shape index (κ1) is 18.7. The number of aromatic nitrogens is 2. The first-order valence-electron chi connectivity index (χ1n) is 7.96. The van der Waals surface area contributed by atoms with Crippen LogP contribution in [0.5, 0.6) is 0 Å². The molecule has 0 radical (unpaired) electrons. The van der Waals surface area contributed by atoms with Crippen molar-refractivity contribution in [1.29, 1.82) is 0 Å². The van der Waals surface area contributed by atoms with Gasteiger partial charge in [-0.3, -0.25) is 24.4 Å². The van der Waals surface area contributed by atoms with Crippen LogP contribution in [-0.2, 0) is 9.59 Å². The number of hydrogen-bond donors (Lipinski definition) is 0. The van der Waals surface area contributed by atoms with E-state index < -0.39 is 0 Å². The van der Waals surface area contributed by atoms with Gasteiger partial charge in [-0.05, 0) is 38.2 Å². The van der Waals surface area contributed by atoms with E-state index in [1.807, 2.05) is 32.8 Å². The van der Waals surface area contributed by atoms with Crippen molar-refractivity contribution in [1.82, 2.24) is 19.8 Å². The largest absolute Gasteiger partial charge is 0.361 e. The highest BCUT2D eigenvalue weighted by Gasteiger charge is 2.37. The first-order chi connectivity index (χ1) is 11.9. The minimum absolute atomic E-state index is 0.0893. The van der Waals surface area contributed by atoms with E-state index >= 15 is 0 Å². The lowest BCUT2D eigenvalue weighted by Crippen LogP contribution is -2.55. The van der Waals surface area contributed by atoms with Crippen LogP contribution in [0.15, 0.2) is 30.1 Å². The monoisotopic (exact) mass is 359 g/mol. The normalized spacial score (nSPS) is 15.4.